The van der Waals surface area contributed by atoms with Crippen LogP contribution in [0.4, 0.5) is 5.69 Å². The van der Waals surface area contributed by atoms with Crippen LogP contribution in [0.2, 0.25) is 5.32 Å². The monoisotopic (exact) mass is 407 g/mol. The third-order valence-electron chi connectivity index (χ3n) is 6.77. The van der Waals surface area contributed by atoms with Gasteiger partial charge in [0.15, 0.2) is 0 Å². The normalized spacial score (nSPS) is 28.6. The van der Waals surface area contributed by atoms with E-state index in [0.29, 0.717) is 22.4 Å². The SMILES string of the molecule is CC1=CCC2(CC1)C(C[Se]c1ccccc1[N+](=O)[O-])CCCC2(C)C. The molecule has 0 aliphatic heterocycles. The Morgan fingerprint density at radius 3 is 2.72 bits per heavy atom. The van der Waals surface area contributed by atoms with Crippen LogP contribution in [0.1, 0.15) is 59.3 Å². The minimum atomic E-state index is -0.218. The second-order valence-electron chi connectivity index (χ2n) is 8.42. The summed E-state index contributed by atoms with van der Waals surface area (Å²) in [6.45, 7) is 7.19. The Labute approximate surface area is 157 Å². The molecule has 1 spiro atoms. The van der Waals surface area contributed by atoms with Gasteiger partial charge in [-0.3, -0.25) is 0 Å². The van der Waals surface area contributed by atoms with Gasteiger partial charge in [-0.1, -0.05) is 0 Å². The molecule has 3 nitrogen and oxygen atoms in total. The topological polar surface area (TPSA) is 43.1 Å². The molecule has 4 heteroatoms. The summed E-state index contributed by atoms with van der Waals surface area (Å²) in [5.74, 6) is 0.695. The number of nitro benzene ring substituents is 1. The van der Waals surface area contributed by atoms with Gasteiger partial charge in [-0.15, -0.1) is 0 Å². The Bertz CT molecular complexity index is 682. The van der Waals surface area contributed by atoms with E-state index in [0.717, 1.165) is 9.78 Å². The number of nitrogens with zero attached hydrogens (tertiary/aromatic N) is 1. The maximum atomic E-state index is 11.3. The molecule has 2 atom stereocenters. The van der Waals surface area contributed by atoms with Crippen LogP contribution in [0.25, 0.3) is 0 Å². The summed E-state index contributed by atoms with van der Waals surface area (Å²) in [7, 11) is 0. The van der Waals surface area contributed by atoms with Gasteiger partial charge in [-0.05, 0) is 0 Å². The summed E-state index contributed by atoms with van der Waals surface area (Å²) in [5, 5.41) is 12.4. The fourth-order valence-corrected chi connectivity index (χ4v) is 7.79. The number of allylic oxidation sites excluding steroid dienone is 2. The maximum absolute atomic E-state index is 11.3. The van der Waals surface area contributed by atoms with Crippen molar-refractivity contribution in [3.05, 3.63) is 46.0 Å². The summed E-state index contributed by atoms with van der Waals surface area (Å²) in [6, 6.07) is 7.34. The Morgan fingerprint density at radius 2 is 2.04 bits per heavy atom. The van der Waals surface area contributed by atoms with Crippen LogP contribution in [-0.2, 0) is 0 Å². The molecule has 0 saturated heterocycles. The molecule has 2 aliphatic rings. The summed E-state index contributed by atoms with van der Waals surface area (Å²) >= 11 is 0.172. The van der Waals surface area contributed by atoms with Gasteiger partial charge in [-0.25, -0.2) is 0 Å². The van der Waals surface area contributed by atoms with Crippen molar-refractivity contribution >= 4 is 25.1 Å². The number of rotatable bonds is 4. The first kappa shape index (κ1) is 18.7. The van der Waals surface area contributed by atoms with Gasteiger partial charge in [0.1, 0.15) is 0 Å². The van der Waals surface area contributed by atoms with Crippen LogP contribution in [0, 0.1) is 26.9 Å². The fourth-order valence-electron chi connectivity index (χ4n) is 5.00. The number of hydrogen-bond donors (Lipinski definition) is 0. The van der Waals surface area contributed by atoms with Crippen LogP contribution in [0.15, 0.2) is 35.9 Å². The second-order valence-corrected chi connectivity index (χ2v) is 10.6. The molecule has 136 valence electrons. The van der Waals surface area contributed by atoms with E-state index in [1.54, 1.807) is 12.1 Å². The quantitative estimate of drug-likeness (QED) is 0.295. The zero-order chi connectivity index (χ0) is 18.1. The molecule has 0 amide bonds. The van der Waals surface area contributed by atoms with Gasteiger partial charge >= 0.3 is 157 Å². The fraction of sp³-hybridized carbons (Fsp3) is 0.619. The Kier molecular flexibility index (Phi) is 5.41. The standard InChI is InChI=1S/C21H29NO2Se/c1-16-10-13-21(14-11-16)17(7-6-12-20(21,2)3)15-25-19-9-5-4-8-18(19)22(23)24/h4-5,8-10,17H,6-7,11-15H2,1-3H3. The van der Waals surface area contributed by atoms with Gasteiger partial charge in [0.25, 0.3) is 0 Å². The summed E-state index contributed by atoms with van der Waals surface area (Å²) in [5.41, 5.74) is 2.60. The Hall–Kier alpha value is -1.12. The van der Waals surface area contributed by atoms with Crippen molar-refractivity contribution in [1.82, 2.24) is 0 Å². The Balaban J connectivity index is 1.82. The van der Waals surface area contributed by atoms with Crippen LogP contribution in [-0.4, -0.2) is 19.9 Å². The van der Waals surface area contributed by atoms with E-state index in [1.165, 1.54) is 44.1 Å². The van der Waals surface area contributed by atoms with Gasteiger partial charge in [0, 0.05) is 0 Å². The first-order chi connectivity index (χ1) is 11.9. The van der Waals surface area contributed by atoms with E-state index in [9.17, 15) is 10.1 Å². The van der Waals surface area contributed by atoms with E-state index in [4.69, 9.17) is 0 Å². The number of benzene rings is 1. The molecule has 1 saturated carbocycles. The van der Waals surface area contributed by atoms with Crippen LogP contribution in [0.3, 0.4) is 0 Å². The van der Waals surface area contributed by atoms with Gasteiger partial charge in [0.2, 0.25) is 0 Å². The molecule has 1 aromatic carbocycles. The van der Waals surface area contributed by atoms with E-state index in [-0.39, 0.29) is 19.9 Å². The predicted octanol–water partition coefficient (Wildman–Crippen LogP) is 5.29. The Morgan fingerprint density at radius 1 is 1.28 bits per heavy atom. The first-order valence-electron chi connectivity index (χ1n) is 9.38. The molecule has 0 N–H and O–H groups in total. The number of hydrogen-bond acceptors (Lipinski definition) is 2. The molecule has 0 radical (unpaired) electrons. The molecule has 25 heavy (non-hydrogen) atoms. The third-order valence-corrected chi connectivity index (χ3v) is 9.34. The van der Waals surface area contributed by atoms with E-state index in [1.807, 2.05) is 12.1 Å². The van der Waals surface area contributed by atoms with Crippen LogP contribution in [0.5, 0.6) is 0 Å². The average Bonchev–Trinajstić information content (AvgIpc) is 2.58. The molecule has 0 aromatic heterocycles. The van der Waals surface area contributed by atoms with Crippen molar-refractivity contribution in [2.75, 3.05) is 0 Å². The van der Waals surface area contributed by atoms with Crippen molar-refractivity contribution in [2.24, 2.45) is 16.7 Å². The molecule has 2 unspecified atom stereocenters. The van der Waals surface area contributed by atoms with Crippen molar-refractivity contribution in [3.63, 3.8) is 0 Å². The number of nitro groups is 1. The summed E-state index contributed by atoms with van der Waals surface area (Å²) < 4.78 is 0.959. The van der Waals surface area contributed by atoms with E-state index in [2.05, 4.69) is 26.8 Å². The molecule has 1 aromatic rings. The average molecular weight is 406 g/mol. The first-order valence-corrected chi connectivity index (χ1v) is 11.4. The second kappa shape index (κ2) is 7.25. The summed E-state index contributed by atoms with van der Waals surface area (Å²) in [6.07, 6.45) is 10.1. The van der Waals surface area contributed by atoms with E-state index >= 15 is 0 Å². The van der Waals surface area contributed by atoms with Crippen molar-refractivity contribution < 1.29 is 4.92 Å². The van der Waals surface area contributed by atoms with Crippen LogP contribution >= 0.6 is 0 Å². The van der Waals surface area contributed by atoms with Crippen molar-refractivity contribution in [3.8, 4) is 0 Å². The molecule has 0 heterocycles. The predicted molar refractivity (Wildman–Crippen MR) is 104 cm³/mol. The minimum absolute atomic E-state index is 0.172. The molecule has 2 aliphatic carbocycles. The molecular formula is C21H29NO2Se. The van der Waals surface area contributed by atoms with E-state index < -0.39 is 0 Å². The van der Waals surface area contributed by atoms with Crippen molar-refractivity contribution in [2.45, 2.75) is 64.6 Å². The third kappa shape index (κ3) is 3.57. The number of para-hydroxylation sites is 1. The van der Waals surface area contributed by atoms with Crippen molar-refractivity contribution in [1.29, 1.82) is 0 Å². The van der Waals surface area contributed by atoms with Gasteiger partial charge in [-0.2, -0.15) is 0 Å². The molecular weight excluding hydrogens is 377 g/mol. The molecule has 0 bridgehead atoms. The van der Waals surface area contributed by atoms with Gasteiger partial charge < -0.3 is 0 Å². The zero-order valence-electron chi connectivity index (χ0n) is 15.6. The zero-order valence-corrected chi connectivity index (χ0v) is 17.3. The molecule has 3 rings (SSSR count). The van der Waals surface area contributed by atoms with Gasteiger partial charge in [0.05, 0.1) is 0 Å². The van der Waals surface area contributed by atoms with Crippen LogP contribution < -0.4 is 4.46 Å². The molecule has 1 fully saturated rings. The summed E-state index contributed by atoms with van der Waals surface area (Å²) in [4.78, 5) is 11.1.